The van der Waals surface area contributed by atoms with Crippen molar-refractivity contribution in [1.82, 2.24) is 5.32 Å². The quantitative estimate of drug-likeness (QED) is 0.741. The highest BCUT2D eigenvalue weighted by Gasteiger charge is 2.28. The van der Waals surface area contributed by atoms with Crippen LogP contribution in [0.15, 0.2) is 0 Å². The number of carbonyl (C=O) groups excluding carboxylic acids is 1. The van der Waals surface area contributed by atoms with Gasteiger partial charge in [0, 0.05) is 6.54 Å². The van der Waals surface area contributed by atoms with Gasteiger partial charge in [0.15, 0.2) is 0 Å². The van der Waals surface area contributed by atoms with E-state index >= 15 is 0 Å². The Labute approximate surface area is 97.4 Å². The summed E-state index contributed by atoms with van der Waals surface area (Å²) in [6.07, 6.45) is 1.84. The third-order valence-electron chi connectivity index (χ3n) is 2.78. The van der Waals surface area contributed by atoms with Crippen LogP contribution in [0.2, 0.25) is 0 Å². The zero-order valence-electron chi connectivity index (χ0n) is 10.4. The largest absolute Gasteiger partial charge is 0.391 e. The maximum Gasteiger partial charge on any atom is 0.249 e. The summed E-state index contributed by atoms with van der Waals surface area (Å²) in [7, 11) is 0. The average Bonchev–Trinajstić information content (AvgIpc) is 2.60. The molecule has 2 N–H and O–H groups in total. The van der Waals surface area contributed by atoms with Crippen LogP contribution in [0, 0.1) is 5.92 Å². The van der Waals surface area contributed by atoms with Crippen molar-refractivity contribution in [2.24, 2.45) is 5.92 Å². The molecule has 4 heteroatoms. The van der Waals surface area contributed by atoms with E-state index in [4.69, 9.17) is 4.74 Å². The third kappa shape index (κ3) is 4.49. The van der Waals surface area contributed by atoms with E-state index < -0.39 is 6.10 Å². The van der Waals surface area contributed by atoms with Crippen molar-refractivity contribution < 1.29 is 14.6 Å². The molecule has 0 aromatic heterocycles. The van der Waals surface area contributed by atoms with Gasteiger partial charge in [-0.1, -0.05) is 13.8 Å². The van der Waals surface area contributed by atoms with Crippen LogP contribution in [-0.4, -0.2) is 35.9 Å². The minimum Gasteiger partial charge on any atom is -0.391 e. The Bertz CT molecular complexity index is 230. The lowest BCUT2D eigenvalue weighted by atomic mass is 10.1. The van der Waals surface area contributed by atoms with Crippen LogP contribution in [0.4, 0.5) is 0 Å². The van der Waals surface area contributed by atoms with Crippen molar-refractivity contribution in [3.05, 3.63) is 0 Å². The Morgan fingerprint density at radius 3 is 2.69 bits per heavy atom. The Morgan fingerprint density at radius 1 is 1.50 bits per heavy atom. The fourth-order valence-corrected chi connectivity index (χ4v) is 1.96. The predicted octanol–water partition coefficient (Wildman–Crippen LogP) is 1.08. The molecule has 16 heavy (non-hydrogen) atoms. The second-order valence-corrected chi connectivity index (χ2v) is 5.04. The van der Waals surface area contributed by atoms with Crippen molar-refractivity contribution in [3.8, 4) is 0 Å². The van der Waals surface area contributed by atoms with E-state index in [-0.39, 0.29) is 18.1 Å². The molecule has 3 atom stereocenters. The molecule has 0 aromatic rings. The molecule has 1 amide bonds. The van der Waals surface area contributed by atoms with Crippen LogP contribution in [0.5, 0.6) is 0 Å². The molecular weight excluding hydrogens is 206 g/mol. The van der Waals surface area contributed by atoms with Gasteiger partial charge in [0.25, 0.3) is 0 Å². The van der Waals surface area contributed by atoms with E-state index in [0.717, 1.165) is 12.8 Å². The molecule has 0 aliphatic carbocycles. The first kappa shape index (κ1) is 13.5. The Balaban J connectivity index is 2.19. The fraction of sp³-hybridized carbons (Fsp3) is 0.917. The first-order valence-electron chi connectivity index (χ1n) is 6.10. The molecule has 0 radical (unpaired) electrons. The summed E-state index contributed by atoms with van der Waals surface area (Å²) in [4.78, 5) is 11.6. The Kier molecular flexibility index (Phi) is 5.22. The van der Waals surface area contributed by atoms with Crippen LogP contribution in [0.25, 0.3) is 0 Å². The lowest BCUT2D eigenvalue weighted by Gasteiger charge is -2.16. The van der Waals surface area contributed by atoms with E-state index in [2.05, 4.69) is 5.32 Å². The summed E-state index contributed by atoms with van der Waals surface area (Å²) in [6.45, 7) is 6.39. The molecule has 0 aromatic carbocycles. The third-order valence-corrected chi connectivity index (χ3v) is 2.78. The van der Waals surface area contributed by atoms with Gasteiger partial charge in [-0.15, -0.1) is 0 Å². The van der Waals surface area contributed by atoms with Gasteiger partial charge >= 0.3 is 0 Å². The summed E-state index contributed by atoms with van der Waals surface area (Å²) in [6, 6.07) is 0. The molecule has 0 bridgehead atoms. The molecule has 1 aliphatic heterocycles. The maximum atomic E-state index is 11.6. The first-order valence-corrected chi connectivity index (χ1v) is 6.10. The number of amides is 1. The van der Waals surface area contributed by atoms with Crippen LogP contribution in [-0.2, 0) is 9.53 Å². The summed E-state index contributed by atoms with van der Waals surface area (Å²) in [5.41, 5.74) is 0. The van der Waals surface area contributed by atoms with E-state index in [1.54, 1.807) is 0 Å². The maximum absolute atomic E-state index is 11.6. The first-order chi connectivity index (χ1) is 7.49. The van der Waals surface area contributed by atoms with Gasteiger partial charge in [0.1, 0.15) is 6.10 Å². The number of nitrogens with one attached hydrogen (secondary N) is 1. The standard InChI is InChI=1S/C12H23NO3/c1-8(2)6-10(14)7-13-12(15)11-5-4-9(3)16-11/h8-11,14H,4-7H2,1-3H3,(H,13,15). The number of rotatable bonds is 5. The highest BCUT2D eigenvalue weighted by Crippen LogP contribution is 2.18. The monoisotopic (exact) mass is 229 g/mol. The minimum absolute atomic E-state index is 0.0906. The fourth-order valence-electron chi connectivity index (χ4n) is 1.96. The average molecular weight is 229 g/mol. The number of carbonyl (C=O) groups is 1. The summed E-state index contributed by atoms with van der Waals surface area (Å²) >= 11 is 0. The smallest absolute Gasteiger partial charge is 0.249 e. The molecule has 0 saturated carbocycles. The van der Waals surface area contributed by atoms with Gasteiger partial charge in [-0.2, -0.15) is 0 Å². The molecule has 0 spiro atoms. The van der Waals surface area contributed by atoms with E-state index in [1.807, 2.05) is 20.8 Å². The molecule has 1 rings (SSSR count). The van der Waals surface area contributed by atoms with Gasteiger partial charge < -0.3 is 15.2 Å². The number of hydrogen-bond donors (Lipinski definition) is 2. The van der Waals surface area contributed by atoms with Crippen molar-refractivity contribution in [2.45, 2.75) is 58.3 Å². The molecule has 1 heterocycles. The van der Waals surface area contributed by atoms with Crippen LogP contribution in [0.3, 0.4) is 0 Å². The minimum atomic E-state index is -0.456. The molecule has 4 nitrogen and oxygen atoms in total. The Hall–Kier alpha value is -0.610. The molecule has 3 unspecified atom stereocenters. The van der Waals surface area contributed by atoms with E-state index in [1.165, 1.54) is 0 Å². The number of aliphatic hydroxyl groups excluding tert-OH is 1. The van der Waals surface area contributed by atoms with Crippen LogP contribution in [0.1, 0.15) is 40.0 Å². The zero-order chi connectivity index (χ0) is 12.1. The van der Waals surface area contributed by atoms with E-state index in [0.29, 0.717) is 18.9 Å². The lowest BCUT2D eigenvalue weighted by Crippen LogP contribution is -2.39. The number of hydrogen-bond acceptors (Lipinski definition) is 3. The van der Waals surface area contributed by atoms with Gasteiger partial charge in [0.05, 0.1) is 12.2 Å². The van der Waals surface area contributed by atoms with Gasteiger partial charge in [0.2, 0.25) is 5.91 Å². The molecule has 1 saturated heterocycles. The SMILES string of the molecule is CC(C)CC(O)CNC(=O)C1CCC(C)O1. The second-order valence-electron chi connectivity index (χ2n) is 5.04. The zero-order valence-corrected chi connectivity index (χ0v) is 10.4. The number of ether oxygens (including phenoxy) is 1. The van der Waals surface area contributed by atoms with Gasteiger partial charge in [-0.05, 0) is 32.1 Å². The summed E-state index contributed by atoms with van der Waals surface area (Å²) in [5, 5.41) is 12.3. The normalized spacial score (nSPS) is 27.1. The lowest BCUT2D eigenvalue weighted by molar-refractivity contribution is -0.132. The second kappa shape index (κ2) is 6.21. The van der Waals surface area contributed by atoms with E-state index in [9.17, 15) is 9.90 Å². The molecule has 1 fully saturated rings. The van der Waals surface area contributed by atoms with Crippen molar-refractivity contribution in [3.63, 3.8) is 0 Å². The number of aliphatic hydroxyl groups is 1. The van der Waals surface area contributed by atoms with Crippen LogP contribution >= 0.6 is 0 Å². The molecule has 94 valence electrons. The van der Waals surface area contributed by atoms with Crippen molar-refractivity contribution >= 4 is 5.91 Å². The summed E-state index contributed by atoms with van der Waals surface area (Å²) in [5.74, 6) is 0.349. The topological polar surface area (TPSA) is 58.6 Å². The van der Waals surface area contributed by atoms with Gasteiger partial charge in [-0.3, -0.25) is 4.79 Å². The van der Waals surface area contributed by atoms with Crippen LogP contribution < -0.4 is 5.32 Å². The molecular formula is C12H23NO3. The highest BCUT2D eigenvalue weighted by molar-refractivity contribution is 5.81. The summed E-state index contributed by atoms with van der Waals surface area (Å²) < 4.78 is 5.44. The predicted molar refractivity (Wildman–Crippen MR) is 62.0 cm³/mol. The highest BCUT2D eigenvalue weighted by atomic mass is 16.5. The van der Waals surface area contributed by atoms with Crippen molar-refractivity contribution in [2.75, 3.05) is 6.54 Å². The van der Waals surface area contributed by atoms with Gasteiger partial charge in [-0.25, -0.2) is 0 Å². The Morgan fingerprint density at radius 2 is 2.19 bits per heavy atom. The van der Waals surface area contributed by atoms with Crippen molar-refractivity contribution in [1.29, 1.82) is 0 Å². The molecule has 1 aliphatic rings.